The lowest BCUT2D eigenvalue weighted by atomic mass is 9.92. The van der Waals surface area contributed by atoms with Crippen molar-refractivity contribution in [1.82, 2.24) is 20.2 Å². The third-order valence-electron chi connectivity index (χ3n) is 5.27. The molecule has 0 spiro atoms. The van der Waals surface area contributed by atoms with Gasteiger partial charge in [0.2, 0.25) is 11.8 Å². The summed E-state index contributed by atoms with van der Waals surface area (Å²) in [4.78, 5) is 34.9. The molecule has 1 aromatic rings. The minimum absolute atomic E-state index is 0.0902. The van der Waals surface area contributed by atoms with Crippen LogP contribution in [0.1, 0.15) is 38.5 Å². The maximum absolute atomic E-state index is 12.7. The van der Waals surface area contributed by atoms with Crippen LogP contribution in [0.3, 0.4) is 0 Å². The quantitative estimate of drug-likeness (QED) is 0.713. The highest BCUT2D eigenvalue weighted by Gasteiger charge is 2.32. The molecule has 2 heterocycles. The summed E-state index contributed by atoms with van der Waals surface area (Å²) in [6, 6.07) is 2.06. The van der Waals surface area contributed by atoms with Gasteiger partial charge in [-0.25, -0.2) is 9.97 Å². The summed E-state index contributed by atoms with van der Waals surface area (Å²) in [6.45, 7) is 1.57. The summed E-state index contributed by atoms with van der Waals surface area (Å²) in [5.41, 5.74) is 0. The van der Waals surface area contributed by atoms with Crippen LogP contribution < -0.4 is 5.32 Å². The van der Waals surface area contributed by atoms with Gasteiger partial charge in [0.15, 0.2) is 5.16 Å². The number of methoxy groups -OCH3 is 1. The third kappa shape index (κ3) is 5.90. The maximum atomic E-state index is 12.7. The summed E-state index contributed by atoms with van der Waals surface area (Å²) in [5.74, 6) is 0.105. The van der Waals surface area contributed by atoms with Crippen molar-refractivity contribution in [2.24, 2.45) is 5.92 Å². The Labute approximate surface area is 164 Å². The summed E-state index contributed by atoms with van der Waals surface area (Å²) in [6.07, 6.45) is 8.70. The van der Waals surface area contributed by atoms with Crippen LogP contribution in [-0.2, 0) is 14.3 Å². The molecule has 2 amide bonds. The predicted octanol–water partition coefficient (Wildman–Crippen LogP) is 1.88. The van der Waals surface area contributed by atoms with E-state index < -0.39 is 0 Å². The van der Waals surface area contributed by atoms with Crippen molar-refractivity contribution in [3.8, 4) is 0 Å². The fourth-order valence-corrected chi connectivity index (χ4v) is 4.74. The number of amides is 2. The molecular formula is C19H28N4O3S. The lowest BCUT2D eigenvalue weighted by molar-refractivity contribution is -0.139. The van der Waals surface area contributed by atoms with E-state index in [2.05, 4.69) is 15.3 Å². The molecule has 1 N–H and O–H groups in total. The molecular weight excluding hydrogens is 364 g/mol. The first-order chi connectivity index (χ1) is 13.2. The number of rotatable bonds is 7. The molecule has 1 saturated heterocycles. The van der Waals surface area contributed by atoms with E-state index in [1.807, 2.05) is 6.07 Å². The highest BCUT2D eigenvalue weighted by molar-refractivity contribution is 7.99. The zero-order chi connectivity index (χ0) is 19.1. The molecule has 1 saturated carbocycles. The van der Waals surface area contributed by atoms with E-state index in [-0.39, 0.29) is 23.8 Å². The lowest BCUT2D eigenvalue weighted by Gasteiger charge is -2.34. The molecule has 1 unspecified atom stereocenters. The van der Waals surface area contributed by atoms with Crippen LogP contribution in [-0.4, -0.2) is 64.8 Å². The van der Waals surface area contributed by atoms with E-state index in [0.717, 1.165) is 30.8 Å². The van der Waals surface area contributed by atoms with Crippen LogP contribution in [0.4, 0.5) is 0 Å². The van der Waals surface area contributed by atoms with Crippen LogP contribution in [0.25, 0.3) is 0 Å². The lowest BCUT2D eigenvalue weighted by Crippen LogP contribution is -2.49. The van der Waals surface area contributed by atoms with Crippen molar-refractivity contribution in [2.45, 2.75) is 55.0 Å². The number of carbonyl (C=O) groups is 2. The predicted molar refractivity (Wildman–Crippen MR) is 103 cm³/mol. The highest BCUT2D eigenvalue weighted by Crippen LogP contribution is 2.32. The SMILES string of the molecule is COCCN1CC(C(=O)NC2CCC(Sc3ncccn3)CC2)CCC1=O. The van der Waals surface area contributed by atoms with Crippen LogP contribution in [0.2, 0.25) is 0 Å². The molecule has 8 heteroatoms. The third-order valence-corrected chi connectivity index (χ3v) is 6.50. The first-order valence-corrected chi connectivity index (χ1v) is 10.5. The fraction of sp³-hybridized carbons (Fsp3) is 0.684. The van der Waals surface area contributed by atoms with Gasteiger partial charge in [-0.1, -0.05) is 11.8 Å². The Morgan fingerprint density at radius 3 is 2.70 bits per heavy atom. The minimum atomic E-state index is -0.107. The van der Waals surface area contributed by atoms with Gasteiger partial charge < -0.3 is 15.0 Å². The van der Waals surface area contributed by atoms with E-state index in [4.69, 9.17) is 4.74 Å². The van der Waals surface area contributed by atoms with Crippen LogP contribution in [0, 0.1) is 5.92 Å². The van der Waals surface area contributed by atoms with Gasteiger partial charge in [-0.2, -0.15) is 0 Å². The summed E-state index contributed by atoms with van der Waals surface area (Å²) >= 11 is 1.73. The molecule has 1 aromatic heterocycles. The Hall–Kier alpha value is -1.67. The van der Waals surface area contributed by atoms with Crippen molar-refractivity contribution in [2.75, 3.05) is 26.8 Å². The average Bonchev–Trinajstić information content (AvgIpc) is 2.69. The van der Waals surface area contributed by atoms with E-state index in [9.17, 15) is 9.59 Å². The zero-order valence-electron chi connectivity index (χ0n) is 15.8. The number of nitrogens with zero attached hydrogens (tertiary/aromatic N) is 3. The minimum Gasteiger partial charge on any atom is -0.383 e. The second kappa shape index (κ2) is 10.0. The van der Waals surface area contributed by atoms with Crippen molar-refractivity contribution in [3.05, 3.63) is 18.5 Å². The molecule has 3 rings (SSSR count). The number of likely N-dealkylation sites (tertiary alicyclic amines) is 1. The smallest absolute Gasteiger partial charge is 0.225 e. The number of ether oxygens (including phenoxy) is 1. The molecule has 1 atom stereocenters. The Balaban J connectivity index is 1.42. The Morgan fingerprint density at radius 1 is 1.26 bits per heavy atom. The van der Waals surface area contributed by atoms with Crippen LogP contribution in [0.15, 0.2) is 23.6 Å². The van der Waals surface area contributed by atoms with Gasteiger partial charge in [-0.3, -0.25) is 9.59 Å². The number of piperidine rings is 1. The maximum Gasteiger partial charge on any atom is 0.225 e. The van der Waals surface area contributed by atoms with Crippen molar-refractivity contribution >= 4 is 23.6 Å². The standard InChI is InChI=1S/C19H28N4O3S/c1-26-12-11-23-13-14(3-8-17(23)24)18(25)22-15-4-6-16(7-5-15)27-19-20-9-2-10-21-19/h2,9-10,14-16H,3-8,11-13H2,1H3,(H,22,25). The normalized spacial score (nSPS) is 26.0. The van der Waals surface area contributed by atoms with Gasteiger partial charge in [0, 0.05) is 50.3 Å². The van der Waals surface area contributed by atoms with Gasteiger partial charge in [0.05, 0.1) is 12.5 Å². The second-order valence-electron chi connectivity index (χ2n) is 7.20. The number of carbonyl (C=O) groups excluding carboxylic acids is 2. The van der Waals surface area contributed by atoms with E-state index in [1.165, 1.54) is 0 Å². The molecule has 1 aliphatic heterocycles. The monoisotopic (exact) mass is 392 g/mol. The highest BCUT2D eigenvalue weighted by atomic mass is 32.2. The number of hydrogen-bond acceptors (Lipinski definition) is 6. The van der Waals surface area contributed by atoms with E-state index >= 15 is 0 Å². The van der Waals surface area contributed by atoms with Gasteiger partial charge >= 0.3 is 0 Å². The molecule has 2 aliphatic rings. The van der Waals surface area contributed by atoms with Crippen LogP contribution >= 0.6 is 11.8 Å². The molecule has 148 valence electrons. The number of hydrogen-bond donors (Lipinski definition) is 1. The largest absolute Gasteiger partial charge is 0.383 e. The first-order valence-electron chi connectivity index (χ1n) is 9.66. The van der Waals surface area contributed by atoms with Crippen molar-refractivity contribution in [3.63, 3.8) is 0 Å². The summed E-state index contributed by atoms with van der Waals surface area (Å²) in [5, 5.41) is 4.55. The fourth-order valence-electron chi connectivity index (χ4n) is 3.69. The Morgan fingerprint density at radius 2 is 2.00 bits per heavy atom. The van der Waals surface area contributed by atoms with Gasteiger partial charge in [-0.15, -0.1) is 0 Å². The first kappa shape index (κ1) is 20.1. The van der Waals surface area contributed by atoms with E-state index in [1.54, 1.807) is 36.2 Å². The molecule has 2 fully saturated rings. The zero-order valence-corrected chi connectivity index (χ0v) is 16.6. The second-order valence-corrected chi connectivity index (χ2v) is 8.47. The molecule has 1 aliphatic carbocycles. The molecule has 0 aromatic carbocycles. The Bertz CT molecular complexity index is 623. The number of nitrogens with one attached hydrogen (secondary N) is 1. The van der Waals surface area contributed by atoms with Gasteiger partial charge in [-0.05, 0) is 38.2 Å². The average molecular weight is 393 g/mol. The molecule has 27 heavy (non-hydrogen) atoms. The van der Waals surface area contributed by atoms with Gasteiger partial charge in [0.1, 0.15) is 0 Å². The van der Waals surface area contributed by atoms with E-state index in [0.29, 0.717) is 37.8 Å². The molecule has 0 bridgehead atoms. The number of thioether (sulfide) groups is 1. The summed E-state index contributed by atoms with van der Waals surface area (Å²) < 4.78 is 5.06. The Kier molecular flexibility index (Phi) is 7.46. The number of aromatic nitrogens is 2. The molecule has 0 radical (unpaired) electrons. The molecule has 7 nitrogen and oxygen atoms in total. The van der Waals surface area contributed by atoms with Crippen LogP contribution in [0.5, 0.6) is 0 Å². The topological polar surface area (TPSA) is 84.4 Å². The van der Waals surface area contributed by atoms with Crippen molar-refractivity contribution < 1.29 is 14.3 Å². The summed E-state index contributed by atoms with van der Waals surface area (Å²) in [7, 11) is 1.62. The van der Waals surface area contributed by atoms with Gasteiger partial charge in [0.25, 0.3) is 0 Å². The van der Waals surface area contributed by atoms with Crippen molar-refractivity contribution in [1.29, 1.82) is 0 Å².